The van der Waals surface area contributed by atoms with E-state index in [1.807, 2.05) is 6.07 Å². The SMILES string of the molecule is CCn1c(C(=O)O)nc(=O)n1-c1ccccc1. The molecule has 88 valence electrons. The highest BCUT2D eigenvalue weighted by atomic mass is 16.4. The molecule has 0 fully saturated rings. The first-order valence-electron chi connectivity index (χ1n) is 5.13. The molecule has 1 N–H and O–H groups in total. The smallest absolute Gasteiger partial charge is 0.373 e. The summed E-state index contributed by atoms with van der Waals surface area (Å²) in [5.41, 5.74) is 0.00907. The Morgan fingerprint density at radius 1 is 1.35 bits per heavy atom. The topological polar surface area (TPSA) is 77.1 Å². The number of aromatic carboxylic acids is 1. The van der Waals surface area contributed by atoms with Crippen LogP contribution in [0.15, 0.2) is 35.1 Å². The van der Waals surface area contributed by atoms with Gasteiger partial charge in [-0.3, -0.25) is 4.68 Å². The maximum Gasteiger partial charge on any atom is 0.373 e. The highest BCUT2D eigenvalue weighted by Crippen LogP contribution is 2.06. The zero-order valence-corrected chi connectivity index (χ0v) is 9.20. The number of nitrogens with zero attached hydrogens (tertiary/aromatic N) is 3. The van der Waals surface area contributed by atoms with Gasteiger partial charge in [0.15, 0.2) is 0 Å². The fraction of sp³-hybridized carbons (Fsp3) is 0.182. The van der Waals surface area contributed by atoms with Gasteiger partial charge in [-0.15, -0.1) is 0 Å². The number of benzene rings is 1. The van der Waals surface area contributed by atoms with Crippen LogP contribution in [0.3, 0.4) is 0 Å². The van der Waals surface area contributed by atoms with Crippen LogP contribution < -0.4 is 5.69 Å². The monoisotopic (exact) mass is 233 g/mol. The molecule has 0 radical (unpaired) electrons. The van der Waals surface area contributed by atoms with E-state index in [-0.39, 0.29) is 5.82 Å². The molecule has 1 aromatic heterocycles. The first-order valence-corrected chi connectivity index (χ1v) is 5.13. The Morgan fingerprint density at radius 2 is 2.00 bits per heavy atom. The van der Waals surface area contributed by atoms with Crippen LogP contribution in [-0.2, 0) is 6.54 Å². The van der Waals surface area contributed by atoms with Crippen LogP contribution in [0.5, 0.6) is 0 Å². The van der Waals surface area contributed by atoms with E-state index < -0.39 is 11.7 Å². The second-order valence-corrected chi connectivity index (χ2v) is 3.39. The molecule has 6 nitrogen and oxygen atoms in total. The lowest BCUT2D eigenvalue weighted by atomic mass is 10.3. The van der Waals surface area contributed by atoms with Crippen LogP contribution in [0.4, 0.5) is 0 Å². The van der Waals surface area contributed by atoms with E-state index in [0.29, 0.717) is 12.2 Å². The summed E-state index contributed by atoms with van der Waals surface area (Å²) in [6.07, 6.45) is 0. The fourth-order valence-corrected chi connectivity index (χ4v) is 1.66. The van der Waals surface area contributed by atoms with Crippen molar-refractivity contribution in [1.29, 1.82) is 0 Å². The molecule has 0 saturated heterocycles. The Kier molecular flexibility index (Phi) is 2.78. The van der Waals surface area contributed by atoms with Crippen molar-refractivity contribution >= 4 is 5.97 Å². The first-order chi connectivity index (χ1) is 8.15. The molecule has 2 aromatic rings. The largest absolute Gasteiger partial charge is 0.475 e. The summed E-state index contributed by atoms with van der Waals surface area (Å²) >= 11 is 0. The molecule has 0 aliphatic rings. The zero-order valence-electron chi connectivity index (χ0n) is 9.20. The minimum Gasteiger partial charge on any atom is -0.475 e. The van der Waals surface area contributed by atoms with Gasteiger partial charge in [-0.25, -0.2) is 9.59 Å². The van der Waals surface area contributed by atoms with E-state index in [9.17, 15) is 9.59 Å². The van der Waals surface area contributed by atoms with E-state index in [1.165, 1.54) is 9.36 Å². The number of hydrogen-bond acceptors (Lipinski definition) is 3. The van der Waals surface area contributed by atoms with Crippen LogP contribution in [0.25, 0.3) is 5.69 Å². The van der Waals surface area contributed by atoms with E-state index >= 15 is 0 Å². The normalized spacial score (nSPS) is 10.4. The summed E-state index contributed by atoms with van der Waals surface area (Å²) in [6, 6.07) is 8.81. The summed E-state index contributed by atoms with van der Waals surface area (Å²) in [7, 11) is 0. The predicted octanol–water partition coefficient (Wildman–Crippen LogP) is 0.752. The molecule has 0 aliphatic carbocycles. The molecule has 1 aromatic carbocycles. The van der Waals surface area contributed by atoms with Gasteiger partial charge in [0, 0.05) is 6.54 Å². The average molecular weight is 233 g/mol. The second kappa shape index (κ2) is 4.25. The average Bonchev–Trinajstić information content (AvgIpc) is 2.67. The Hall–Kier alpha value is -2.37. The fourth-order valence-electron chi connectivity index (χ4n) is 1.66. The Labute approximate surface area is 96.7 Å². The van der Waals surface area contributed by atoms with E-state index in [1.54, 1.807) is 31.2 Å². The summed E-state index contributed by atoms with van der Waals surface area (Å²) < 4.78 is 2.59. The van der Waals surface area contributed by atoms with Crippen molar-refractivity contribution in [2.75, 3.05) is 0 Å². The van der Waals surface area contributed by atoms with Gasteiger partial charge in [0.05, 0.1) is 5.69 Å². The number of hydrogen-bond donors (Lipinski definition) is 1. The van der Waals surface area contributed by atoms with Crippen molar-refractivity contribution in [2.24, 2.45) is 0 Å². The van der Waals surface area contributed by atoms with Crippen molar-refractivity contribution in [3.63, 3.8) is 0 Å². The number of carboxylic acid groups (broad SMARTS) is 1. The third kappa shape index (κ3) is 1.84. The molecule has 0 aliphatic heterocycles. The number of carboxylic acids is 1. The standard InChI is InChI=1S/C11H11N3O3/c1-2-13-9(10(15)16)12-11(17)14(13)8-6-4-3-5-7-8/h3-7H,2H2,1H3,(H,15,16). The van der Waals surface area contributed by atoms with Crippen LogP contribution in [0, 0.1) is 0 Å². The van der Waals surface area contributed by atoms with Crippen molar-refractivity contribution in [2.45, 2.75) is 13.5 Å². The lowest BCUT2D eigenvalue weighted by Crippen LogP contribution is -2.22. The van der Waals surface area contributed by atoms with Crippen molar-refractivity contribution < 1.29 is 9.90 Å². The first kappa shape index (κ1) is 11.1. The highest BCUT2D eigenvalue weighted by Gasteiger charge is 2.18. The van der Waals surface area contributed by atoms with Gasteiger partial charge < -0.3 is 5.11 Å². The Bertz CT molecular complexity index is 598. The molecule has 0 bridgehead atoms. The minimum absolute atomic E-state index is 0.249. The lowest BCUT2D eigenvalue weighted by molar-refractivity contribution is 0.0675. The van der Waals surface area contributed by atoms with Crippen molar-refractivity contribution in [3.8, 4) is 5.69 Å². The van der Waals surface area contributed by atoms with Gasteiger partial charge >= 0.3 is 11.7 Å². The molecule has 0 atom stereocenters. The van der Waals surface area contributed by atoms with Crippen LogP contribution >= 0.6 is 0 Å². The summed E-state index contributed by atoms with van der Waals surface area (Å²) in [5, 5.41) is 8.95. The molecule has 1 heterocycles. The number of rotatable bonds is 3. The van der Waals surface area contributed by atoms with Crippen LogP contribution in [-0.4, -0.2) is 25.4 Å². The van der Waals surface area contributed by atoms with E-state index in [4.69, 9.17) is 5.11 Å². The molecular formula is C11H11N3O3. The van der Waals surface area contributed by atoms with Gasteiger partial charge in [0.25, 0.3) is 0 Å². The number of carbonyl (C=O) groups is 1. The number of aromatic nitrogens is 3. The quantitative estimate of drug-likeness (QED) is 0.848. The molecule has 0 saturated carbocycles. The molecule has 0 amide bonds. The summed E-state index contributed by atoms with van der Waals surface area (Å²) in [6.45, 7) is 2.11. The molecule has 0 spiro atoms. The maximum atomic E-state index is 11.7. The zero-order chi connectivity index (χ0) is 12.4. The predicted molar refractivity (Wildman–Crippen MR) is 60.5 cm³/mol. The third-order valence-electron chi connectivity index (χ3n) is 2.36. The van der Waals surface area contributed by atoms with Crippen molar-refractivity contribution in [1.82, 2.24) is 14.3 Å². The summed E-state index contributed by atoms with van der Waals surface area (Å²) in [5.74, 6) is -1.46. The van der Waals surface area contributed by atoms with Gasteiger partial charge in [0.1, 0.15) is 0 Å². The Balaban J connectivity index is 2.70. The molecule has 0 unspecified atom stereocenters. The minimum atomic E-state index is -1.21. The van der Waals surface area contributed by atoms with Crippen LogP contribution in [0.1, 0.15) is 17.5 Å². The molecule has 17 heavy (non-hydrogen) atoms. The van der Waals surface area contributed by atoms with E-state index in [0.717, 1.165) is 0 Å². The van der Waals surface area contributed by atoms with Gasteiger partial charge in [-0.05, 0) is 19.1 Å². The Morgan fingerprint density at radius 3 is 2.53 bits per heavy atom. The third-order valence-corrected chi connectivity index (χ3v) is 2.36. The lowest BCUT2D eigenvalue weighted by Gasteiger charge is -2.09. The maximum absolute atomic E-state index is 11.7. The molecule has 6 heteroatoms. The van der Waals surface area contributed by atoms with Crippen molar-refractivity contribution in [3.05, 3.63) is 46.6 Å². The van der Waals surface area contributed by atoms with Crippen LogP contribution in [0.2, 0.25) is 0 Å². The molecular weight excluding hydrogens is 222 g/mol. The van der Waals surface area contributed by atoms with Gasteiger partial charge in [-0.1, -0.05) is 18.2 Å². The number of para-hydroxylation sites is 1. The van der Waals surface area contributed by atoms with Gasteiger partial charge in [-0.2, -0.15) is 9.67 Å². The summed E-state index contributed by atoms with van der Waals surface area (Å²) in [4.78, 5) is 26.2. The highest BCUT2D eigenvalue weighted by molar-refractivity contribution is 5.83. The van der Waals surface area contributed by atoms with Gasteiger partial charge in [0.2, 0.25) is 5.82 Å². The second-order valence-electron chi connectivity index (χ2n) is 3.39. The van der Waals surface area contributed by atoms with E-state index in [2.05, 4.69) is 4.98 Å². The molecule has 2 rings (SSSR count).